The fourth-order valence-electron chi connectivity index (χ4n) is 3.27. The second kappa shape index (κ2) is 7.05. The van der Waals surface area contributed by atoms with Crippen LogP contribution in [0.4, 0.5) is 6.01 Å². The van der Waals surface area contributed by atoms with Gasteiger partial charge in [0, 0.05) is 17.4 Å². The number of likely N-dealkylation sites (tertiary alicyclic amines) is 1. The Morgan fingerprint density at radius 1 is 1.12 bits per heavy atom. The third-order valence-electron chi connectivity index (χ3n) is 4.56. The number of aromatic amines is 1. The van der Waals surface area contributed by atoms with Gasteiger partial charge in [-0.3, -0.25) is 0 Å². The van der Waals surface area contributed by atoms with Crippen LogP contribution in [0.3, 0.4) is 0 Å². The van der Waals surface area contributed by atoms with Crippen molar-refractivity contribution in [1.82, 2.24) is 20.1 Å². The summed E-state index contributed by atoms with van der Waals surface area (Å²) in [5.74, 6) is 0.518. The van der Waals surface area contributed by atoms with Gasteiger partial charge in [0.25, 0.3) is 5.89 Å². The fraction of sp³-hybridized carbons (Fsp3) is 0.444. The maximum absolute atomic E-state index is 5.71. The zero-order valence-electron chi connectivity index (χ0n) is 13.8. The minimum absolute atomic E-state index is 0.488. The molecule has 0 saturated carbocycles. The lowest BCUT2D eigenvalue weighted by molar-refractivity contribution is 0.228. The zero-order chi connectivity index (χ0) is 16.2. The monoisotopic (exact) mass is 325 g/mol. The van der Waals surface area contributed by atoms with Crippen LogP contribution in [0.5, 0.6) is 0 Å². The Hall–Kier alpha value is -2.34. The molecule has 4 rings (SSSR count). The van der Waals surface area contributed by atoms with E-state index in [1.54, 1.807) is 0 Å². The number of aromatic nitrogens is 3. The van der Waals surface area contributed by atoms with E-state index in [-0.39, 0.29) is 0 Å². The molecule has 0 bridgehead atoms. The molecule has 2 N–H and O–H groups in total. The summed E-state index contributed by atoms with van der Waals surface area (Å²) in [6, 6.07) is 10.6. The highest BCUT2D eigenvalue weighted by Crippen LogP contribution is 2.24. The van der Waals surface area contributed by atoms with E-state index in [1.165, 1.54) is 32.4 Å². The van der Waals surface area contributed by atoms with Gasteiger partial charge in [0.2, 0.25) is 0 Å². The SMILES string of the molecule is c1ccc2[nH]c(-c3nnc(NCCCN4CCCCC4)o3)cc2c1. The number of rotatable bonds is 6. The molecule has 0 aliphatic carbocycles. The molecule has 3 heterocycles. The fourth-order valence-corrected chi connectivity index (χ4v) is 3.27. The third-order valence-corrected chi connectivity index (χ3v) is 4.56. The lowest BCUT2D eigenvalue weighted by Gasteiger charge is -2.26. The van der Waals surface area contributed by atoms with Gasteiger partial charge in [-0.05, 0) is 51.0 Å². The van der Waals surface area contributed by atoms with Crippen molar-refractivity contribution in [2.24, 2.45) is 0 Å². The minimum Gasteiger partial charge on any atom is -0.402 e. The summed E-state index contributed by atoms with van der Waals surface area (Å²) in [6.07, 6.45) is 5.15. The van der Waals surface area contributed by atoms with Crippen molar-refractivity contribution in [2.45, 2.75) is 25.7 Å². The highest BCUT2D eigenvalue weighted by molar-refractivity contribution is 5.84. The van der Waals surface area contributed by atoms with Gasteiger partial charge in [-0.2, -0.15) is 0 Å². The number of fused-ring (bicyclic) bond motifs is 1. The molecule has 3 aromatic rings. The molecule has 1 saturated heterocycles. The van der Waals surface area contributed by atoms with Gasteiger partial charge in [-0.25, -0.2) is 0 Å². The molecule has 0 unspecified atom stereocenters. The Balaban J connectivity index is 1.31. The van der Waals surface area contributed by atoms with Crippen LogP contribution in [0.2, 0.25) is 0 Å². The zero-order valence-corrected chi connectivity index (χ0v) is 13.8. The van der Waals surface area contributed by atoms with Gasteiger partial charge in [0.05, 0.1) is 0 Å². The van der Waals surface area contributed by atoms with E-state index in [0.29, 0.717) is 11.9 Å². The van der Waals surface area contributed by atoms with Gasteiger partial charge >= 0.3 is 6.01 Å². The number of piperidine rings is 1. The summed E-state index contributed by atoms with van der Waals surface area (Å²) < 4.78 is 5.71. The number of hydrogen-bond donors (Lipinski definition) is 2. The number of benzene rings is 1. The second-order valence-corrected chi connectivity index (χ2v) is 6.37. The van der Waals surface area contributed by atoms with Gasteiger partial charge in [-0.1, -0.05) is 29.7 Å². The van der Waals surface area contributed by atoms with Crippen LogP contribution in [0, 0.1) is 0 Å². The van der Waals surface area contributed by atoms with Crippen molar-refractivity contribution in [3.63, 3.8) is 0 Å². The van der Waals surface area contributed by atoms with E-state index in [4.69, 9.17) is 4.42 Å². The van der Waals surface area contributed by atoms with E-state index in [2.05, 4.69) is 31.5 Å². The average molecular weight is 325 g/mol. The maximum atomic E-state index is 5.71. The predicted molar refractivity (Wildman–Crippen MR) is 95.0 cm³/mol. The van der Waals surface area contributed by atoms with Crippen LogP contribution in [0.1, 0.15) is 25.7 Å². The predicted octanol–water partition coefficient (Wildman–Crippen LogP) is 3.51. The largest absolute Gasteiger partial charge is 0.402 e. The van der Waals surface area contributed by atoms with Crippen molar-refractivity contribution in [2.75, 3.05) is 31.5 Å². The number of nitrogens with one attached hydrogen (secondary N) is 2. The molecule has 1 aromatic carbocycles. The van der Waals surface area contributed by atoms with Crippen LogP contribution in [-0.2, 0) is 0 Å². The van der Waals surface area contributed by atoms with Gasteiger partial charge in [0.1, 0.15) is 5.69 Å². The van der Waals surface area contributed by atoms with E-state index in [9.17, 15) is 0 Å². The first-order chi connectivity index (χ1) is 11.9. The lowest BCUT2D eigenvalue weighted by atomic mass is 10.1. The first-order valence-electron chi connectivity index (χ1n) is 8.76. The van der Waals surface area contributed by atoms with Crippen molar-refractivity contribution in [3.8, 4) is 11.6 Å². The molecule has 1 aliphatic heterocycles. The van der Waals surface area contributed by atoms with Crippen LogP contribution < -0.4 is 5.32 Å². The smallest absolute Gasteiger partial charge is 0.315 e. The third kappa shape index (κ3) is 3.43. The standard InChI is InChI=1S/C18H23N5O/c1-4-10-23(11-5-1)12-6-9-19-18-22-21-17(24-18)16-13-14-7-2-3-8-15(14)20-16/h2-3,7-8,13,20H,1,4-6,9-12H2,(H,19,22). The molecular weight excluding hydrogens is 302 g/mol. The number of hydrogen-bond acceptors (Lipinski definition) is 5. The van der Waals surface area contributed by atoms with Gasteiger partial charge in [0.15, 0.2) is 0 Å². The molecule has 1 fully saturated rings. The number of nitrogens with zero attached hydrogens (tertiary/aromatic N) is 3. The normalized spacial score (nSPS) is 15.8. The first-order valence-corrected chi connectivity index (χ1v) is 8.76. The summed E-state index contributed by atoms with van der Waals surface area (Å²) in [5.41, 5.74) is 1.92. The summed E-state index contributed by atoms with van der Waals surface area (Å²) >= 11 is 0. The Bertz CT molecular complexity index is 754. The van der Waals surface area contributed by atoms with Gasteiger partial charge in [-0.15, -0.1) is 5.10 Å². The first kappa shape index (κ1) is 15.2. The van der Waals surface area contributed by atoms with Crippen molar-refractivity contribution < 1.29 is 4.42 Å². The molecule has 0 amide bonds. The van der Waals surface area contributed by atoms with Crippen molar-refractivity contribution >= 4 is 16.9 Å². The molecular formula is C18H23N5O. The van der Waals surface area contributed by atoms with Crippen LogP contribution in [0.15, 0.2) is 34.7 Å². The average Bonchev–Trinajstić information content (AvgIpc) is 3.26. The van der Waals surface area contributed by atoms with Crippen LogP contribution in [-0.4, -0.2) is 46.3 Å². The van der Waals surface area contributed by atoms with E-state index < -0.39 is 0 Å². The van der Waals surface area contributed by atoms with E-state index >= 15 is 0 Å². The van der Waals surface area contributed by atoms with E-state index in [1.807, 2.05) is 24.3 Å². The topological polar surface area (TPSA) is 70.0 Å². The summed E-state index contributed by atoms with van der Waals surface area (Å²) in [7, 11) is 0. The minimum atomic E-state index is 0.488. The quantitative estimate of drug-likeness (QED) is 0.679. The highest BCUT2D eigenvalue weighted by Gasteiger charge is 2.12. The Morgan fingerprint density at radius 2 is 2.00 bits per heavy atom. The number of anilines is 1. The maximum Gasteiger partial charge on any atom is 0.315 e. The second-order valence-electron chi connectivity index (χ2n) is 6.37. The molecule has 126 valence electrons. The van der Waals surface area contributed by atoms with Crippen molar-refractivity contribution in [3.05, 3.63) is 30.3 Å². The molecule has 1 aliphatic rings. The Kier molecular flexibility index (Phi) is 4.46. The lowest BCUT2D eigenvalue weighted by Crippen LogP contribution is -2.31. The number of para-hydroxylation sites is 1. The van der Waals surface area contributed by atoms with E-state index in [0.717, 1.165) is 36.1 Å². The number of H-pyrrole nitrogens is 1. The molecule has 6 nitrogen and oxygen atoms in total. The molecule has 24 heavy (non-hydrogen) atoms. The molecule has 6 heteroatoms. The van der Waals surface area contributed by atoms with Crippen molar-refractivity contribution in [1.29, 1.82) is 0 Å². The summed E-state index contributed by atoms with van der Waals surface area (Å²) in [6.45, 7) is 4.47. The molecule has 2 aromatic heterocycles. The molecule has 0 atom stereocenters. The summed E-state index contributed by atoms with van der Waals surface area (Å²) in [5, 5.41) is 12.6. The van der Waals surface area contributed by atoms with Crippen LogP contribution >= 0.6 is 0 Å². The highest BCUT2D eigenvalue weighted by atomic mass is 16.4. The molecule has 0 radical (unpaired) electrons. The Labute approximate surface area is 141 Å². The van der Waals surface area contributed by atoms with Crippen LogP contribution in [0.25, 0.3) is 22.5 Å². The van der Waals surface area contributed by atoms with Gasteiger partial charge < -0.3 is 19.6 Å². The Morgan fingerprint density at radius 3 is 2.88 bits per heavy atom. The summed E-state index contributed by atoms with van der Waals surface area (Å²) in [4.78, 5) is 5.84. The molecule has 0 spiro atoms.